The summed E-state index contributed by atoms with van der Waals surface area (Å²) in [5, 5.41) is 11.8. The van der Waals surface area contributed by atoms with Gasteiger partial charge in [0, 0.05) is 30.3 Å². The highest BCUT2D eigenvalue weighted by Gasteiger charge is 2.26. The first-order valence-electron chi connectivity index (χ1n) is 10.3. The SMILES string of the molecule is COc1ccc(NC(=O)C2CCN(c3ccc(-c4ccc(OC)cc4)nn3)CC2)cc1. The van der Waals surface area contributed by atoms with E-state index in [1.165, 1.54) is 0 Å². The van der Waals surface area contributed by atoms with Crippen molar-refractivity contribution in [1.29, 1.82) is 0 Å². The number of benzene rings is 2. The Morgan fingerprint density at radius 3 is 2.03 bits per heavy atom. The predicted octanol–water partition coefficient (Wildman–Crippen LogP) is 4.02. The van der Waals surface area contributed by atoms with E-state index in [1.54, 1.807) is 14.2 Å². The summed E-state index contributed by atoms with van der Waals surface area (Å²) < 4.78 is 10.3. The molecule has 1 aliphatic heterocycles. The molecule has 0 bridgehead atoms. The van der Waals surface area contributed by atoms with Gasteiger partial charge in [-0.1, -0.05) is 0 Å². The van der Waals surface area contributed by atoms with E-state index in [1.807, 2.05) is 60.7 Å². The van der Waals surface area contributed by atoms with Gasteiger partial charge in [-0.3, -0.25) is 4.79 Å². The Kier molecular flexibility index (Phi) is 6.31. The molecule has 1 N–H and O–H groups in total. The molecule has 1 amide bonds. The average Bonchev–Trinajstić information content (AvgIpc) is 2.85. The lowest BCUT2D eigenvalue weighted by molar-refractivity contribution is -0.120. The van der Waals surface area contributed by atoms with Gasteiger partial charge in [0.15, 0.2) is 5.82 Å². The molecule has 3 aromatic rings. The van der Waals surface area contributed by atoms with Crippen LogP contribution in [0.25, 0.3) is 11.3 Å². The van der Waals surface area contributed by atoms with Crippen molar-refractivity contribution in [3.63, 3.8) is 0 Å². The summed E-state index contributed by atoms with van der Waals surface area (Å²) in [4.78, 5) is 14.8. The van der Waals surface area contributed by atoms with Gasteiger partial charge < -0.3 is 19.7 Å². The molecule has 0 unspecified atom stereocenters. The Balaban J connectivity index is 1.32. The fraction of sp³-hybridized carbons (Fsp3) is 0.292. The van der Waals surface area contributed by atoms with E-state index in [9.17, 15) is 4.79 Å². The number of rotatable bonds is 6. The van der Waals surface area contributed by atoms with Crippen molar-refractivity contribution in [2.75, 3.05) is 37.5 Å². The van der Waals surface area contributed by atoms with Gasteiger partial charge in [0.25, 0.3) is 0 Å². The Morgan fingerprint density at radius 1 is 0.871 bits per heavy atom. The molecule has 2 aromatic carbocycles. The zero-order chi connectivity index (χ0) is 21.6. The van der Waals surface area contributed by atoms with E-state index < -0.39 is 0 Å². The summed E-state index contributed by atoms with van der Waals surface area (Å²) in [6.07, 6.45) is 1.56. The summed E-state index contributed by atoms with van der Waals surface area (Å²) in [5.41, 5.74) is 2.60. The van der Waals surface area contributed by atoms with E-state index in [0.29, 0.717) is 0 Å². The normalized spacial score (nSPS) is 14.2. The van der Waals surface area contributed by atoms with Crippen LogP contribution >= 0.6 is 0 Å². The molecule has 7 nitrogen and oxygen atoms in total. The molecule has 2 heterocycles. The van der Waals surface area contributed by atoms with Crippen molar-refractivity contribution in [2.24, 2.45) is 5.92 Å². The first-order chi connectivity index (χ1) is 15.2. The molecule has 0 radical (unpaired) electrons. The highest BCUT2D eigenvalue weighted by atomic mass is 16.5. The van der Waals surface area contributed by atoms with Gasteiger partial charge in [0.1, 0.15) is 11.5 Å². The van der Waals surface area contributed by atoms with Gasteiger partial charge >= 0.3 is 0 Å². The van der Waals surface area contributed by atoms with Gasteiger partial charge in [-0.2, -0.15) is 0 Å². The van der Waals surface area contributed by atoms with Gasteiger partial charge in [-0.05, 0) is 73.5 Å². The molecule has 1 saturated heterocycles. The van der Waals surface area contributed by atoms with Crippen molar-refractivity contribution in [3.05, 3.63) is 60.7 Å². The van der Waals surface area contributed by atoms with Crippen LogP contribution < -0.4 is 19.7 Å². The van der Waals surface area contributed by atoms with Gasteiger partial charge in [0.05, 0.1) is 19.9 Å². The summed E-state index contributed by atoms with van der Waals surface area (Å²) in [6, 6.07) is 19.1. The van der Waals surface area contributed by atoms with Crippen LogP contribution in [0.2, 0.25) is 0 Å². The topological polar surface area (TPSA) is 76.6 Å². The fourth-order valence-electron chi connectivity index (χ4n) is 3.70. The van der Waals surface area contributed by atoms with Crippen LogP contribution in [0.5, 0.6) is 11.5 Å². The number of aromatic nitrogens is 2. The number of hydrogen-bond acceptors (Lipinski definition) is 6. The van der Waals surface area contributed by atoms with E-state index in [2.05, 4.69) is 20.4 Å². The number of carbonyl (C=O) groups excluding carboxylic acids is 1. The van der Waals surface area contributed by atoms with Crippen LogP contribution in [-0.2, 0) is 4.79 Å². The Morgan fingerprint density at radius 2 is 1.48 bits per heavy atom. The summed E-state index contributed by atoms with van der Waals surface area (Å²) in [5.74, 6) is 2.47. The maximum atomic E-state index is 12.6. The lowest BCUT2D eigenvalue weighted by atomic mass is 9.95. The summed E-state index contributed by atoms with van der Waals surface area (Å²) >= 11 is 0. The molecule has 1 aromatic heterocycles. The third kappa shape index (κ3) is 4.94. The molecule has 4 rings (SSSR count). The number of methoxy groups -OCH3 is 2. The second kappa shape index (κ2) is 9.47. The highest BCUT2D eigenvalue weighted by Crippen LogP contribution is 2.25. The summed E-state index contributed by atoms with van der Waals surface area (Å²) in [6.45, 7) is 1.55. The molecule has 0 aliphatic carbocycles. The van der Waals surface area contributed by atoms with E-state index in [-0.39, 0.29) is 11.8 Å². The quantitative estimate of drug-likeness (QED) is 0.652. The van der Waals surface area contributed by atoms with E-state index in [4.69, 9.17) is 9.47 Å². The predicted molar refractivity (Wildman–Crippen MR) is 121 cm³/mol. The first-order valence-corrected chi connectivity index (χ1v) is 10.3. The number of nitrogens with zero attached hydrogens (tertiary/aromatic N) is 3. The zero-order valence-electron chi connectivity index (χ0n) is 17.7. The minimum atomic E-state index is -0.00937. The minimum absolute atomic E-state index is 0.00937. The van der Waals surface area contributed by atoms with Crippen LogP contribution in [-0.4, -0.2) is 43.4 Å². The van der Waals surface area contributed by atoms with Crippen molar-refractivity contribution in [1.82, 2.24) is 10.2 Å². The monoisotopic (exact) mass is 418 g/mol. The molecule has 160 valence electrons. The number of anilines is 2. The van der Waals surface area contributed by atoms with Gasteiger partial charge in [-0.15, -0.1) is 10.2 Å². The molecule has 0 spiro atoms. The maximum Gasteiger partial charge on any atom is 0.227 e. The molecule has 0 atom stereocenters. The lowest BCUT2D eigenvalue weighted by Gasteiger charge is -2.31. The third-order valence-electron chi connectivity index (χ3n) is 5.58. The number of nitrogens with one attached hydrogen (secondary N) is 1. The van der Waals surface area contributed by atoms with Gasteiger partial charge in [-0.25, -0.2) is 0 Å². The van der Waals surface area contributed by atoms with Crippen LogP contribution in [0, 0.1) is 5.92 Å². The van der Waals surface area contributed by atoms with Gasteiger partial charge in [0.2, 0.25) is 5.91 Å². The molecular weight excluding hydrogens is 392 g/mol. The first kappa shape index (κ1) is 20.7. The second-order valence-electron chi connectivity index (χ2n) is 7.48. The van der Waals surface area contributed by atoms with E-state index >= 15 is 0 Å². The Labute approximate surface area is 182 Å². The second-order valence-corrected chi connectivity index (χ2v) is 7.48. The molecular formula is C24H26N4O3. The fourth-order valence-corrected chi connectivity index (χ4v) is 3.70. The van der Waals surface area contributed by atoms with Crippen molar-refractivity contribution in [2.45, 2.75) is 12.8 Å². The number of amides is 1. The smallest absolute Gasteiger partial charge is 0.227 e. The number of piperidine rings is 1. The van der Waals surface area contributed by atoms with Crippen molar-refractivity contribution in [3.8, 4) is 22.8 Å². The standard InChI is InChI=1S/C24H26N4O3/c1-30-20-7-3-17(4-8-20)22-11-12-23(27-26-22)28-15-13-18(14-16-28)24(29)25-19-5-9-21(31-2)10-6-19/h3-12,18H,13-16H2,1-2H3,(H,25,29). The van der Waals surface area contributed by atoms with Crippen LogP contribution in [0.3, 0.4) is 0 Å². The zero-order valence-corrected chi connectivity index (χ0v) is 17.7. The van der Waals surface area contributed by atoms with Crippen molar-refractivity contribution >= 4 is 17.4 Å². The van der Waals surface area contributed by atoms with Crippen LogP contribution in [0.15, 0.2) is 60.7 Å². The van der Waals surface area contributed by atoms with E-state index in [0.717, 1.165) is 60.2 Å². The summed E-state index contributed by atoms with van der Waals surface area (Å²) in [7, 11) is 3.27. The van der Waals surface area contributed by atoms with Crippen LogP contribution in [0.1, 0.15) is 12.8 Å². The maximum absolute atomic E-state index is 12.6. The number of hydrogen-bond donors (Lipinski definition) is 1. The molecule has 1 fully saturated rings. The highest BCUT2D eigenvalue weighted by molar-refractivity contribution is 5.92. The van der Waals surface area contributed by atoms with Crippen molar-refractivity contribution < 1.29 is 14.3 Å². The lowest BCUT2D eigenvalue weighted by Crippen LogP contribution is -2.38. The molecule has 1 aliphatic rings. The number of carbonyl (C=O) groups is 1. The largest absolute Gasteiger partial charge is 0.497 e. The molecule has 0 saturated carbocycles. The van der Waals surface area contributed by atoms with Crippen LogP contribution in [0.4, 0.5) is 11.5 Å². The Bertz CT molecular complexity index is 997. The molecule has 31 heavy (non-hydrogen) atoms. The number of ether oxygens (including phenoxy) is 2. The Hall–Kier alpha value is -3.61. The third-order valence-corrected chi connectivity index (χ3v) is 5.58. The minimum Gasteiger partial charge on any atom is -0.497 e. The molecule has 7 heteroatoms. The average molecular weight is 418 g/mol.